The Hall–Kier alpha value is -2.37. The molecule has 0 aliphatic rings. The van der Waals surface area contributed by atoms with Crippen LogP contribution in [0.5, 0.6) is 0 Å². The fraction of sp³-hybridized carbons (Fsp3) is 0.735. The molecule has 2 N–H and O–H groups in total. The average Bonchev–Trinajstić information content (AvgIpc) is 2.93. The molecule has 6 heteroatoms. The second-order valence-electron chi connectivity index (χ2n) is 10.7. The summed E-state index contributed by atoms with van der Waals surface area (Å²) in [5, 5.41) is 11.0. The molecule has 0 saturated heterocycles. The molecule has 0 saturated carbocycles. The van der Waals surface area contributed by atoms with E-state index in [4.69, 9.17) is 9.84 Å². The van der Waals surface area contributed by atoms with E-state index < -0.39 is 5.97 Å². The first-order valence-corrected chi connectivity index (χ1v) is 16.1. The average molecular weight is 562 g/mol. The van der Waals surface area contributed by atoms with Gasteiger partial charge in [0.2, 0.25) is 5.91 Å². The fourth-order valence-electron chi connectivity index (χ4n) is 4.38. The molecule has 0 aromatic heterocycles. The number of hydrogen-bond acceptors (Lipinski definition) is 4. The number of carboxylic acids is 1. The van der Waals surface area contributed by atoms with E-state index in [1.54, 1.807) is 0 Å². The van der Waals surface area contributed by atoms with Gasteiger partial charge in [0.25, 0.3) is 0 Å². The predicted molar refractivity (Wildman–Crippen MR) is 166 cm³/mol. The first kappa shape index (κ1) is 37.6. The van der Waals surface area contributed by atoms with Crippen LogP contribution in [0.2, 0.25) is 0 Å². The minimum absolute atomic E-state index is 0.0978. The number of allylic oxidation sites excluding steroid dienone is 5. The number of unbranched alkanes of at least 4 members (excludes halogenated alkanes) is 13. The second kappa shape index (κ2) is 29.6. The van der Waals surface area contributed by atoms with Gasteiger partial charge in [-0.15, -0.1) is 0 Å². The smallest absolute Gasteiger partial charge is 0.322 e. The Balaban J connectivity index is 4.36. The quantitative estimate of drug-likeness (QED) is 0.0565. The van der Waals surface area contributed by atoms with E-state index in [0.717, 1.165) is 70.6 Å². The third kappa shape index (κ3) is 28.6. The summed E-state index contributed by atoms with van der Waals surface area (Å²) in [6.45, 7) is 4.12. The van der Waals surface area contributed by atoms with Crippen molar-refractivity contribution in [3.63, 3.8) is 0 Å². The maximum Gasteiger partial charge on any atom is 0.322 e. The molecule has 1 amide bonds. The van der Waals surface area contributed by atoms with Crippen LogP contribution in [0.15, 0.2) is 36.5 Å². The lowest BCUT2D eigenvalue weighted by molar-refractivity contribution is -0.147. The summed E-state index contributed by atoms with van der Waals surface area (Å²) < 4.78 is 5.83. The van der Waals surface area contributed by atoms with Gasteiger partial charge in [0.05, 0.1) is 0 Å². The van der Waals surface area contributed by atoms with E-state index in [-0.39, 0.29) is 24.5 Å². The zero-order chi connectivity index (χ0) is 29.5. The maximum atomic E-state index is 12.5. The largest absolute Gasteiger partial charge is 0.480 e. The maximum absolute atomic E-state index is 12.5. The molecule has 0 aliphatic carbocycles. The molecule has 40 heavy (non-hydrogen) atoms. The van der Waals surface area contributed by atoms with Crippen LogP contribution in [0, 0.1) is 0 Å². The summed E-state index contributed by atoms with van der Waals surface area (Å²) in [4.78, 5) is 34.6. The van der Waals surface area contributed by atoms with Gasteiger partial charge in [0.15, 0.2) is 0 Å². The highest BCUT2D eigenvalue weighted by Gasteiger charge is 2.11. The number of carbonyl (C=O) groups excluding carboxylic acids is 2. The monoisotopic (exact) mass is 561 g/mol. The van der Waals surface area contributed by atoms with E-state index in [1.165, 1.54) is 51.4 Å². The van der Waals surface area contributed by atoms with Crippen molar-refractivity contribution in [3.8, 4) is 0 Å². The molecule has 0 spiro atoms. The number of rotatable bonds is 28. The van der Waals surface area contributed by atoms with Crippen molar-refractivity contribution in [2.24, 2.45) is 0 Å². The summed E-state index contributed by atoms with van der Waals surface area (Å²) in [6.07, 6.45) is 34.2. The zero-order valence-electron chi connectivity index (χ0n) is 25.7. The number of esters is 1. The summed E-state index contributed by atoms with van der Waals surface area (Å²) in [7, 11) is 0. The number of nitrogens with one attached hydrogen (secondary N) is 1. The molecule has 0 rings (SSSR count). The van der Waals surface area contributed by atoms with Crippen LogP contribution >= 0.6 is 0 Å². The number of aliphatic carboxylic acids is 1. The van der Waals surface area contributed by atoms with E-state index in [9.17, 15) is 14.4 Å². The van der Waals surface area contributed by atoms with Crippen molar-refractivity contribution < 1.29 is 24.2 Å². The lowest BCUT2D eigenvalue weighted by Gasteiger charge is -2.14. The Morgan fingerprint density at radius 2 is 1.23 bits per heavy atom. The van der Waals surface area contributed by atoms with Crippen molar-refractivity contribution >= 4 is 17.8 Å². The Morgan fingerprint density at radius 1 is 0.675 bits per heavy atom. The number of carbonyl (C=O) groups is 3. The highest BCUT2D eigenvalue weighted by Crippen LogP contribution is 2.14. The molecule has 1 unspecified atom stereocenters. The fourth-order valence-corrected chi connectivity index (χ4v) is 4.38. The highest BCUT2D eigenvalue weighted by atomic mass is 16.5. The van der Waals surface area contributed by atoms with Crippen molar-refractivity contribution in [2.45, 2.75) is 155 Å². The molecule has 0 radical (unpaired) electrons. The second-order valence-corrected chi connectivity index (χ2v) is 10.7. The molecule has 6 nitrogen and oxygen atoms in total. The lowest BCUT2D eigenvalue weighted by atomic mass is 10.1. The highest BCUT2D eigenvalue weighted by molar-refractivity contribution is 5.80. The minimum atomic E-state index is -1.03. The Bertz CT molecular complexity index is 713. The Kier molecular flexibility index (Phi) is 27.9. The molecule has 0 aromatic rings. The van der Waals surface area contributed by atoms with Gasteiger partial charge in [-0.1, -0.05) is 115 Å². The summed E-state index contributed by atoms with van der Waals surface area (Å²) in [5.41, 5.74) is 0. The van der Waals surface area contributed by atoms with Crippen LogP contribution in [0.25, 0.3) is 0 Å². The Morgan fingerprint density at radius 3 is 1.90 bits per heavy atom. The van der Waals surface area contributed by atoms with Crippen LogP contribution in [0.3, 0.4) is 0 Å². The number of hydrogen-bond donors (Lipinski definition) is 2. The Labute approximate surface area is 245 Å². The normalized spacial score (nSPS) is 12.4. The van der Waals surface area contributed by atoms with Gasteiger partial charge >= 0.3 is 11.9 Å². The standard InChI is InChI=1S/C34H59NO5/c1-3-5-7-9-11-12-13-14-16-18-22-26-31(40-34(39)29-25-21-15-10-8-6-4-2)27-23-19-17-20-24-28-32(36)35-30-33(37)38/h11-12,14,16,22,26,31H,3-10,13,15,17-21,23-25,27-30H2,1-2H3,(H,35,36)(H,37,38)/b12-11-,16-14-,26-22-. The first-order chi connectivity index (χ1) is 19.5. The predicted octanol–water partition coefficient (Wildman–Crippen LogP) is 9.00. The van der Waals surface area contributed by atoms with Gasteiger partial charge in [-0.2, -0.15) is 0 Å². The van der Waals surface area contributed by atoms with Gasteiger partial charge in [0, 0.05) is 12.8 Å². The number of amides is 1. The summed E-state index contributed by atoms with van der Waals surface area (Å²) in [5.74, 6) is -1.33. The van der Waals surface area contributed by atoms with Gasteiger partial charge in [0.1, 0.15) is 12.6 Å². The minimum Gasteiger partial charge on any atom is -0.480 e. The third-order valence-electron chi connectivity index (χ3n) is 6.80. The number of carboxylic acid groups (broad SMARTS) is 1. The zero-order valence-corrected chi connectivity index (χ0v) is 25.7. The molecular formula is C34H59NO5. The molecular weight excluding hydrogens is 502 g/mol. The van der Waals surface area contributed by atoms with Crippen LogP contribution in [0.1, 0.15) is 149 Å². The summed E-state index contributed by atoms with van der Waals surface area (Å²) in [6, 6.07) is 0. The van der Waals surface area contributed by atoms with Crippen LogP contribution < -0.4 is 5.32 Å². The molecule has 1 atom stereocenters. The van der Waals surface area contributed by atoms with Crippen molar-refractivity contribution in [3.05, 3.63) is 36.5 Å². The molecule has 0 aliphatic heterocycles. The van der Waals surface area contributed by atoms with Crippen LogP contribution in [0.4, 0.5) is 0 Å². The van der Waals surface area contributed by atoms with Crippen molar-refractivity contribution in [1.29, 1.82) is 0 Å². The molecule has 0 aromatic carbocycles. The molecule has 0 bridgehead atoms. The SMILES string of the molecule is CCCCC/C=C\C/C=C\C/C=C\C(CCCCCCCC(=O)NCC(=O)O)OC(=O)CCCCCCCCC. The summed E-state index contributed by atoms with van der Waals surface area (Å²) >= 11 is 0. The topological polar surface area (TPSA) is 92.7 Å². The molecule has 0 heterocycles. The lowest BCUT2D eigenvalue weighted by Crippen LogP contribution is -2.28. The van der Waals surface area contributed by atoms with Crippen LogP contribution in [-0.4, -0.2) is 35.6 Å². The van der Waals surface area contributed by atoms with E-state index >= 15 is 0 Å². The van der Waals surface area contributed by atoms with Crippen molar-refractivity contribution in [2.75, 3.05) is 6.54 Å². The van der Waals surface area contributed by atoms with E-state index in [0.29, 0.717) is 12.8 Å². The molecule has 230 valence electrons. The van der Waals surface area contributed by atoms with Gasteiger partial charge in [-0.05, 0) is 57.4 Å². The third-order valence-corrected chi connectivity index (χ3v) is 6.80. The van der Waals surface area contributed by atoms with Gasteiger partial charge < -0.3 is 15.2 Å². The van der Waals surface area contributed by atoms with Gasteiger partial charge in [-0.25, -0.2) is 0 Å². The van der Waals surface area contributed by atoms with E-state index in [2.05, 4.69) is 49.5 Å². The number of ether oxygens (including phenoxy) is 1. The van der Waals surface area contributed by atoms with Gasteiger partial charge in [-0.3, -0.25) is 14.4 Å². The van der Waals surface area contributed by atoms with E-state index in [1.807, 2.05) is 6.08 Å². The van der Waals surface area contributed by atoms with Crippen LogP contribution in [-0.2, 0) is 19.1 Å². The molecule has 0 fully saturated rings. The van der Waals surface area contributed by atoms with Crippen molar-refractivity contribution in [1.82, 2.24) is 5.32 Å². The first-order valence-electron chi connectivity index (χ1n) is 16.1.